The Kier molecular flexibility index (Phi) is 2.99. The standard InChI is InChI=1S/C11H15NO3S/c1-7(2)3-9-12-8(4-16-9)11(10(13)14)5-15-6-11/h4,7H,3,5-6H2,1-2H3,(H,13,14). The van der Waals surface area contributed by atoms with Crippen molar-refractivity contribution in [3.05, 3.63) is 16.1 Å². The van der Waals surface area contributed by atoms with Crippen LogP contribution in [0, 0.1) is 5.92 Å². The highest BCUT2D eigenvalue weighted by Gasteiger charge is 2.49. The molecule has 0 spiro atoms. The van der Waals surface area contributed by atoms with E-state index in [-0.39, 0.29) is 13.2 Å². The van der Waals surface area contributed by atoms with E-state index in [1.165, 1.54) is 0 Å². The van der Waals surface area contributed by atoms with Crippen molar-refractivity contribution in [2.45, 2.75) is 25.7 Å². The number of nitrogens with zero attached hydrogens (tertiary/aromatic N) is 1. The van der Waals surface area contributed by atoms with E-state index in [1.807, 2.05) is 5.38 Å². The molecule has 1 saturated heterocycles. The van der Waals surface area contributed by atoms with Crippen molar-refractivity contribution in [3.63, 3.8) is 0 Å². The van der Waals surface area contributed by atoms with Crippen molar-refractivity contribution in [1.82, 2.24) is 4.98 Å². The molecule has 1 fully saturated rings. The lowest BCUT2D eigenvalue weighted by atomic mass is 9.83. The Labute approximate surface area is 98.3 Å². The molecule has 0 radical (unpaired) electrons. The summed E-state index contributed by atoms with van der Waals surface area (Å²) in [5, 5.41) is 12.1. The number of hydrogen-bond acceptors (Lipinski definition) is 4. The van der Waals surface area contributed by atoms with Gasteiger partial charge >= 0.3 is 5.97 Å². The molecule has 0 aliphatic carbocycles. The fourth-order valence-corrected chi connectivity index (χ4v) is 2.77. The van der Waals surface area contributed by atoms with Gasteiger partial charge in [0, 0.05) is 11.8 Å². The van der Waals surface area contributed by atoms with Gasteiger partial charge in [-0.2, -0.15) is 0 Å². The first-order chi connectivity index (χ1) is 7.54. The van der Waals surface area contributed by atoms with E-state index in [1.54, 1.807) is 11.3 Å². The Bertz CT molecular complexity index is 396. The summed E-state index contributed by atoms with van der Waals surface area (Å²) in [6, 6.07) is 0. The van der Waals surface area contributed by atoms with E-state index in [9.17, 15) is 9.90 Å². The lowest BCUT2D eigenvalue weighted by Crippen LogP contribution is -2.53. The van der Waals surface area contributed by atoms with E-state index in [4.69, 9.17) is 4.74 Å². The molecule has 16 heavy (non-hydrogen) atoms. The zero-order valence-corrected chi connectivity index (χ0v) is 10.2. The quantitative estimate of drug-likeness (QED) is 0.871. The lowest BCUT2D eigenvalue weighted by Gasteiger charge is -2.35. The van der Waals surface area contributed by atoms with Gasteiger partial charge in [0.15, 0.2) is 5.41 Å². The topological polar surface area (TPSA) is 59.4 Å². The van der Waals surface area contributed by atoms with Gasteiger partial charge in [-0.3, -0.25) is 4.79 Å². The van der Waals surface area contributed by atoms with Crippen LogP contribution in [0.4, 0.5) is 0 Å². The first-order valence-electron chi connectivity index (χ1n) is 5.30. The summed E-state index contributed by atoms with van der Waals surface area (Å²) in [6.07, 6.45) is 0.904. The Morgan fingerprint density at radius 2 is 2.38 bits per heavy atom. The first-order valence-corrected chi connectivity index (χ1v) is 6.18. The van der Waals surface area contributed by atoms with Crippen LogP contribution in [0.1, 0.15) is 24.5 Å². The highest BCUT2D eigenvalue weighted by molar-refractivity contribution is 7.09. The Hall–Kier alpha value is -0.940. The number of carboxylic acids is 1. The number of aliphatic carboxylic acids is 1. The van der Waals surface area contributed by atoms with Crippen molar-refractivity contribution in [2.75, 3.05) is 13.2 Å². The van der Waals surface area contributed by atoms with Gasteiger partial charge in [0.2, 0.25) is 0 Å². The van der Waals surface area contributed by atoms with Crippen molar-refractivity contribution in [3.8, 4) is 0 Å². The van der Waals surface area contributed by atoms with E-state index in [0.717, 1.165) is 11.4 Å². The van der Waals surface area contributed by atoms with Gasteiger partial charge in [-0.05, 0) is 5.92 Å². The van der Waals surface area contributed by atoms with Gasteiger partial charge in [-0.15, -0.1) is 11.3 Å². The summed E-state index contributed by atoms with van der Waals surface area (Å²) in [5.74, 6) is -0.294. The van der Waals surface area contributed by atoms with E-state index in [2.05, 4.69) is 18.8 Å². The SMILES string of the molecule is CC(C)Cc1nc(C2(C(=O)O)COC2)cs1. The first kappa shape index (κ1) is 11.5. The van der Waals surface area contributed by atoms with Crippen LogP contribution in [0.15, 0.2) is 5.38 Å². The van der Waals surface area contributed by atoms with Gasteiger partial charge in [0.25, 0.3) is 0 Å². The summed E-state index contributed by atoms with van der Waals surface area (Å²) in [6.45, 7) is 4.74. The molecule has 0 unspecified atom stereocenters. The van der Waals surface area contributed by atoms with E-state index < -0.39 is 11.4 Å². The largest absolute Gasteiger partial charge is 0.480 e. The van der Waals surface area contributed by atoms with Crippen LogP contribution >= 0.6 is 11.3 Å². The minimum atomic E-state index is -0.883. The third kappa shape index (κ3) is 1.85. The minimum absolute atomic E-state index is 0.243. The third-order valence-electron chi connectivity index (χ3n) is 2.73. The molecule has 0 aromatic carbocycles. The molecule has 1 aliphatic rings. The van der Waals surface area contributed by atoms with Crippen LogP contribution in [0.25, 0.3) is 0 Å². The van der Waals surface area contributed by atoms with Gasteiger partial charge in [-0.1, -0.05) is 13.8 Å². The molecule has 2 heterocycles. The summed E-state index contributed by atoms with van der Waals surface area (Å²) in [5.41, 5.74) is -0.224. The van der Waals surface area contributed by atoms with Crippen LogP contribution < -0.4 is 0 Å². The molecule has 0 bridgehead atoms. The number of hydrogen-bond donors (Lipinski definition) is 1. The maximum Gasteiger partial charge on any atom is 0.320 e. The number of aromatic nitrogens is 1. The van der Waals surface area contributed by atoms with Crippen LogP contribution in [-0.2, 0) is 21.4 Å². The summed E-state index contributed by atoms with van der Waals surface area (Å²) < 4.78 is 5.03. The molecule has 1 aliphatic heterocycles. The second-order valence-electron chi connectivity index (χ2n) is 4.60. The summed E-state index contributed by atoms with van der Waals surface area (Å²) in [4.78, 5) is 15.6. The minimum Gasteiger partial charge on any atom is -0.480 e. The summed E-state index contributed by atoms with van der Waals surface area (Å²) in [7, 11) is 0. The molecule has 1 N–H and O–H groups in total. The molecule has 4 nitrogen and oxygen atoms in total. The monoisotopic (exact) mass is 241 g/mol. The van der Waals surface area contributed by atoms with Crippen LogP contribution in [0.3, 0.4) is 0 Å². The van der Waals surface area contributed by atoms with Crippen molar-refractivity contribution >= 4 is 17.3 Å². The van der Waals surface area contributed by atoms with Gasteiger partial charge in [-0.25, -0.2) is 4.98 Å². The van der Waals surface area contributed by atoms with Gasteiger partial charge in [0.05, 0.1) is 23.9 Å². The molecule has 0 amide bonds. The van der Waals surface area contributed by atoms with Crippen LogP contribution in [-0.4, -0.2) is 29.3 Å². The van der Waals surface area contributed by atoms with Gasteiger partial charge < -0.3 is 9.84 Å². The van der Waals surface area contributed by atoms with Crippen LogP contribution in [0.5, 0.6) is 0 Å². The smallest absolute Gasteiger partial charge is 0.320 e. The maximum absolute atomic E-state index is 11.2. The van der Waals surface area contributed by atoms with E-state index in [0.29, 0.717) is 11.6 Å². The average Bonchev–Trinajstić information content (AvgIpc) is 2.49. The summed E-state index contributed by atoms with van der Waals surface area (Å²) >= 11 is 1.54. The molecule has 1 aromatic rings. The van der Waals surface area contributed by atoms with Crippen molar-refractivity contribution in [2.24, 2.45) is 5.92 Å². The molecular formula is C11H15NO3S. The van der Waals surface area contributed by atoms with Crippen molar-refractivity contribution in [1.29, 1.82) is 0 Å². The number of ether oxygens (including phenoxy) is 1. The second-order valence-corrected chi connectivity index (χ2v) is 5.55. The predicted molar refractivity (Wildman–Crippen MR) is 60.8 cm³/mol. The van der Waals surface area contributed by atoms with E-state index >= 15 is 0 Å². The van der Waals surface area contributed by atoms with Crippen LogP contribution in [0.2, 0.25) is 0 Å². The molecule has 2 rings (SSSR count). The van der Waals surface area contributed by atoms with Gasteiger partial charge in [0.1, 0.15) is 0 Å². The Morgan fingerprint density at radius 3 is 2.81 bits per heavy atom. The Balaban J connectivity index is 2.20. The Morgan fingerprint density at radius 1 is 1.69 bits per heavy atom. The molecular weight excluding hydrogens is 226 g/mol. The maximum atomic E-state index is 11.2. The number of carbonyl (C=O) groups is 1. The fourth-order valence-electron chi connectivity index (χ4n) is 1.66. The molecule has 0 saturated carbocycles. The second kappa shape index (κ2) is 4.14. The zero-order chi connectivity index (χ0) is 11.8. The molecule has 0 atom stereocenters. The molecule has 88 valence electrons. The highest BCUT2D eigenvalue weighted by atomic mass is 32.1. The number of rotatable bonds is 4. The third-order valence-corrected chi connectivity index (χ3v) is 3.60. The fraction of sp³-hybridized carbons (Fsp3) is 0.636. The highest BCUT2D eigenvalue weighted by Crippen LogP contribution is 2.33. The lowest BCUT2D eigenvalue weighted by molar-refractivity contribution is -0.163. The number of thiazole rings is 1. The molecule has 1 aromatic heterocycles. The number of carboxylic acid groups (broad SMARTS) is 1. The normalized spacial score (nSPS) is 18.4. The molecule has 5 heteroatoms. The van der Waals surface area contributed by atoms with Crippen molar-refractivity contribution < 1.29 is 14.6 Å². The zero-order valence-electron chi connectivity index (χ0n) is 9.40. The average molecular weight is 241 g/mol. The predicted octanol–water partition coefficient (Wildman–Crippen LogP) is 1.69.